The molecular weight excluding hydrogens is 292 g/mol. The van der Waals surface area contributed by atoms with Crippen LogP contribution in [0.15, 0.2) is 42.6 Å². The molecule has 0 unspecified atom stereocenters. The molecule has 1 aromatic carbocycles. The molecule has 2 aromatic rings. The maximum atomic E-state index is 11.6. The lowest BCUT2D eigenvalue weighted by Gasteiger charge is -2.10. The summed E-state index contributed by atoms with van der Waals surface area (Å²) in [4.78, 5) is 18.0. The minimum absolute atomic E-state index is 0.304. The fourth-order valence-corrected chi connectivity index (χ4v) is 1.98. The second-order valence-corrected chi connectivity index (χ2v) is 5.33. The summed E-state index contributed by atoms with van der Waals surface area (Å²) in [6.07, 6.45) is 1.77. The molecule has 0 amide bonds. The number of ether oxygens (including phenoxy) is 2. The number of nitrogens with zero attached hydrogens (tertiary/aromatic N) is 2. The predicted molar refractivity (Wildman–Crippen MR) is 89.7 cm³/mol. The van der Waals surface area contributed by atoms with Gasteiger partial charge in [-0.15, -0.1) is 0 Å². The second-order valence-electron chi connectivity index (χ2n) is 5.33. The quantitative estimate of drug-likeness (QED) is 0.736. The topological polar surface area (TPSA) is 51.7 Å². The van der Waals surface area contributed by atoms with E-state index in [9.17, 15) is 4.79 Å². The van der Waals surface area contributed by atoms with E-state index in [1.807, 2.05) is 38.4 Å². The van der Waals surface area contributed by atoms with E-state index in [0.717, 1.165) is 17.7 Å². The van der Waals surface area contributed by atoms with Crippen LogP contribution in [0.5, 0.6) is 5.88 Å². The van der Waals surface area contributed by atoms with Gasteiger partial charge in [-0.3, -0.25) is 0 Å². The highest BCUT2D eigenvalue weighted by Gasteiger charge is 2.06. The van der Waals surface area contributed by atoms with Gasteiger partial charge in [0.05, 0.1) is 12.2 Å². The molecule has 0 fully saturated rings. The van der Waals surface area contributed by atoms with Crippen molar-refractivity contribution in [3.05, 3.63) is 48.2 Å². The van der Waals surface area contributed by atoms with Crippen molar-refractivity contribution in [2.75, 3.05) is 33.9 Å². The Hall–Kier alpha value is -2.40. The lowest BCUT2D eigenvalue weighted by molar-refractivity contribution is 0.0526. The molecule has 122 valence electrons. The molecule has 5 heteroatoms. The Kier molecular flexibility index (Phi) is 6.11. The van der Waals surface area contributed by atoms with Crippen LogP contribution in [-0.4, -0.2) is 49.7 Å². The zero-order chi connectivity index (χ0) is 16.7. The lowest BCUT2D eigenvalue weighted by atomic mass is 10.1. The third-order valence-electron chi connectivity index (χ3n) is 3.25. The molecule has 0 spiro atoms. The molecule has 0 radical (unpaired) electrons. The standard InChI is InChI=1S/C18H22N2O3/c1-4-22-18(21)15-7-5-14(6-8-15)16-9-10-17(19-13-16)23-12-11-20(2)3/h5-10,13H,4,11-12H2,1-3H3. The molecule has 0 aliphatic carbocycles. The number of pyridine rings is 1. The van der Waals surface area contributed by atoms with E-state index in [0.29, 0.717) is 24.7 Å². The molecule has 0 N–H and O–H groups in total. The smallest absolute Gasteiger partial charge is 0.338 e. The number of carbonyl (C=O) groups excluding carboxylic acids is 1. The molecule has 0 atom stereocenters. The monoisotopic (exact) mass is 314 g/mol. The molecule has 0 saturated carbocycles. The lowest BCUT2D eigenvalue weighted by Crippen LogP contribution is -2.19. The highest BCUT2D eigenvalue weighted by Crippen LogP contribution is 2.21. The van der Waals surface area contributed by atoms with Gasteiger partial charge in [-0.25, -0.2) is 9.78 Å². The zero-order valence-electron chi connectivity index (χ0n) is 13.8. The van der Waals surface area contributed by atoms with Crippen molar-refractivity contribution in [1.29, 1.82) is 0 Å². The Bertz CT molecular complexity index is 622. The Morgan fingerprint density at radius 3 is 2.35 bits per heavy atom. The molecular formula is C18H22N2O3. The number of esters is 1. The van der Waals surface area contributed by atoms with Crippen LogP contribution in [0, 0.1) is 0 Å². The Morgan fingerprint density at radius 2 is 1.78 bits per heavy atom. The molecule has 0 aliphatic heterocycles. The summed E-state index contributed by atoms with van der Waals surface area (Å²) >= 11 is 0. The number of rotatable bonds is 7. The van der Waals surface area contributed by atoms with Gasteiger partial charge in [0.1, 0.15) is 6.61 Å². The summed E-state index contributed by atoms with van der Waals surface area (Å²) in [7, 11) is 4.00. The van der Waals surface area contributed by atoms with E-state index >= 15 is 0 Å². The third-order valence-corrected chi connectivity index (χ3v) is 3.25. The minimum atomic E-state index is -0.304. The molecule has 1 aromatic heterocycles. The molecule has 23 heavy (non-hydrogen) atoms. The van der Waals surface area contributed by atoms with E-state index in [1.54, 1.807) is 25.3 Å². The number of hydrogen-bond donors (Lipinski definition) is 0. The third kappa shape index (κ3) is 5.07. The highest BCUT2D eigenvalue weighted by molar-refractivity contribution is 5.90. The summed E-state index contributed by atoms with van der Waals surface area (Å²) in [6.45, 7) is 3.62. The number of carbonyl (C=O) groups is 1. The van der Waals surface area contributed by atoms with E-state index in [2.05, 4.69) is 9.88 Å². The molecule has 0 saturated heterocycles. The fraction of sp³-hybridized carbons (Fsp3) is 0.333. The van der Waals surface area contributed by atoms with Crippen LogP contribution in [0.1, 0.15) is 17.3 Å². The molecule has 1 heterocycles. The summed E-state index contributed by atoms with van der Waals surface area (Å²) in [5, 5.41) is 0. The van der Waals surface area contributed by atoms with Gasteiger partial charge in [0.15, 0.2) is 0 Å². The summed E-state index contributed by atoms with van der Waals surface area (Å²) < 4.78 is 10.5. The van der Waals surface area contributed by atoms with Crippen molar-refractivity contribution in [3.63, 3.8) is 0 Å². The van der Waals surface area contributed by atoms with Crippen molar-refractivity contribution in [2.45, 2.75) is 6.92 Å². The largest absolute Gasteiger partial charge is 0.476 e. The van der Waals surface area contributed by atoms with Crippen LogP contribution in [-0.2, 0) is 4.74 Å². The van der Waals surface area contributed by atoms with Crippen LogP contribution >= 0.6 is 0 Å². The summed E-state index contributed by atoms with van der Waals surface area (Å²) in [5.74, 6) is 0.306. The van der Waals surface area contributed by atoms with Crippen molar-refractivity contribution in [1.82, 2.24) is 9.88 Å². The number of likely N-dealkylation sites (N-methyl/N-ethyl adjacent to an activating group) is 1. The van der Waals surface area contributed by atoms with E-state index in [-0.39, 0.29) is 5.97 Å². The first-order chi connectivity index (χ1) is 11.1. The van der Waals surface area contributed by atoms with Gasteiger partial charge < -0.3 is 14.4 Å². The van der Waals surface area contributed by atoms with Gasteiger partial charge in [0.2, 0.25) is 5.88 Å². The van der Waals surface area contributed by atoms with Gasteiger partial charge in [-0.2, -0.15) is 0 Å². The zero-order valence-corrected chi connectivity index (χ0v) is 13.8. The highest BCUT2D eigenvalue weighted by atomic mass is 16.5. The molecule has 2 rings (SSSR count). The van der Waals surface area contributed by atoms with E-state index in [4.69, 9.17) is 9.47 Å². The van der Waals surface area contributed by atoms with Gasteiger partial charge >= 0.3 is 5.97 Å². The summed E-state index contributed by atoms with van der Waals surface area (Å²) in [6, 6.07) is 11.1. The maximum Gasteiger partial charge on any atom is 0.338 e. The first-order valence-electron chi connectivity index (χ1n) is 7.61. The van der Waals surface area contributed by atoms with Gasteiger partial charge in [-0.1, -0.05) is 12.1 Å². The average Bonchev–Trinajstić information content (AvgIpc) is 2.55. The van der Waals surface area contributed by atoms with Gasteiger partial charge in [0, 0.05) is 24.4 Å². The Morgan fingerprint density at radius 1 is 1.09 bits per heavy atom. The van der Waals surface area contributed by atoms with Gasteiger partial charge in [0.25, 0.3) is 0 Å². The Labute approximate surface area is 136 Å². The molecule has 0 aliphatic rings. The van der Waals surface area contributed by atoms with Crippen LogP contribution in [0.4, 0.5) is 0 Å². The van der Waals surface area contributed by atoms with Crippen molar-refractivity contribution in [3.8, 4) is 17.0 Å². The molecule has 0 bridgehead atoms. The Balaban J connectivity index is 2.00. The molecule has 5 nitrogen and oxygen atoms in total. The second kappa shape index (κ2) is 8.29. The van der Waals surface area contributed by atoms with E-state index < -0.39 is 0 Å². The normalized spacial score (nSPS) is 10.6. The van der Waals surface area contributed by atoms with Gasteiger partial charge in [-0.05, 0) is 44.8 Å². The predicted octanol–water partition coefficient (Wildman–Crippen LogP) is 2.87. The van der Waals surface area contributed by atoms with Crippen LogP contribution in [0.2, 0.25) is 0 Å². The fourth-order valence-electron chi connectivity index (χ4n) is 1.98. The number of hydrogen-bond acceptors (Lipinski definition) is 5. The number of benzene rings is 1. The first-order valence-corrected chi connectivity index (χ1v) is 7.61. The maximum absolute atomic E-state index is 11.6. The van der Waals surface area contributed by atoms with E-state index in [1.165, 1.54) is 0 Å². The minimum Gasteiger partial charge on any atom is -0.476 e. The SMILES string of the molecule is CCOC(=O)c1ccc(-c2ccc(OCCN(C)C)nc2)cc1. The van der Waals surface area contributed by atoms with Crippen molar-refractivity contribution >= 4 is 5.97 Å². The first kappa shape index (κ1) is 17.0. The average molecular weight is 314 g/mol. The van der Waals surface area contributed by atoms with Crippen LogP contribution < -0.4 is 4.74 Å². The van der Waals surface area contributed by atoms with Crippen LogP contribution in [0.25, 0.3) is 11.1 Å². The van der Waals surface area contributed by atoms with Crippen molar-refractivity contribution in [2.24, 2.45) is 0 Å². The van der Waals surface area contributed by atoms with Crippen molar-refractivity contribution < 1.29 is 14.3 Å². The summed E-state index contributed by atoms with van der Waals surface area (Å²) in [5.41, 5.74) is 2.51. The van der Waals surface area contributed by atoms with Crippen LogP contribution in [0.3, 0.4) is 0 Å². The number of aromatic nitrogens is 1.